The molecule has 0 saturated carbocycles. The molecule has 2 aromatic carbocycles. The Morgan fingerprint density at radius 2 is 1.83 bits per heavy atom. The summed E-state index contributed by atoms with van der Waals surface area (Å²) in [5.41, 5.74) is 1.10. The normalized spacial score (nSPS) is 21.5. The van der Waals surface area contributed by atoms with Crippen molar-refractivity contribution < 1.29 is 4.74 Å². The quantitative estimate of drug-likeness (QED) is 0.852. The maximum absolute atomic E-state index is 6.10. The molecule has 24 heavy (non-hydrogen) atoms. The van der Waals surface area contributed by atoms with Crippen molar-refractivity contribution in [2.24, 2.45) is 4.99 Å². The van der Waals surface area contributed by atoms with Gasteiger partial charge in [-0.3, -0.25) is 4.90 Å². The third-order valence-electron chi connectivity index (χ3n) is 4.67. The monoisotopic (exact) mass is 321 g/mol. The molecule has 0 bridgehead atoms. The van der Waals surface area contributed by atoms with E-state index >= 15 is 0 Å². The number of anilines is 1. The predicted octanol–water partition coefficient (Wildman–Crippen LogP) is 3.99. The van der Waals surface area contributed by atoms with Crippen molar-refractivity contribution in [3.63, 3.8) is 0 Å². The van der Waals surface area contributed by atoms with E-state index in [-0.39, 0.29) is 6.35 Å². The van der Waals surface area contributed by atoms with Gasteiger partial charge in [-0.1, -0.05) is 36.8 Å². The highest BCUT2D eigenvalue weighted by Crippen LogP contribution is 2.26. The molecule has 0 spiro atoms. The van der Waals surface area contributed by atoms with Crippen LogP contribution < -0.4 is 4.90 Å². The topological polar surface area (TPSA) is 28.1 Å². The van der Waals surface area contributed by atoms with Crippen molar-refractivity contribution in [2.45, 2.75) is 25.6 Å². The fourth-order valence-electron chi connectivity index (χ4n) is 3.33. The lowest BCUT2D eigenvalue weighted by atomic mass is 10.1. The van der Waals surface area contributed by atoms with E-state index in [1.165, 1.54) is 30.0 Å². The number of rotatable bonds is 4. The van der Waals surface area contributed by atoms with Gasteiger partial charge < -0.3 is 9.64 Å². The van der Waals surface area contributed by atoms with E-state index in [1.807, 2.05) is 18.5 Å². The van der Waals surface area contributed by atoms with E-state index in [4.69, 9.17) is 4.74 Å². The first-order valence-electron chi connectivity index (χ1n) is 8.71. The molecule has 2 aliphatic heterocycles. The van der Waals surface area contributed by atoms with Gasteiger partial charge in [-0.15, -0.1) is 0 Å². The number of fused-ring (bicyclic) bond motifs is 1. The second-order valence-corrected chi connectivity index (χ2v) is 6.38. The van der Waals surface area contributed by atoms with E-state index in [0.717, 1.165) is 18.8 Å². The van der Waals surface area contributed by atoms with Crippen LogP contribution in [0.4, 0.5) is 5.69 Å². The predicted molar refractivity (Wildman–Crippen MR) is 99.2 cm³/mol. The number of benzene rings is 2. The SMILES string of the molecule is C1=CN(c2ccc3ccccc3c2)C(OCN2CCCCC2)N=C1. The molecule has 0 amide bonds. The highest BCUT2D eigenvalue weighted by Gasteiger charge is 2.20. The van der Waals surface area contributed by atoms with Crippen molar-refractivity contribution in [2.75, 3.05) is 24.7 Å². The molecule has 0 aliphatic carbocycles. The molecule has 0 radical (unpaired) electrons. The van der Waals surface area contributed by atoms with Crippen LogP contribution in [0.25, 0.3) is 10.8 Å². The summed E-state index contributed by atoms with van der Waals surface area (Å²) in [6.07, 6.45) is 9.39. The van der Waals surface area contributed by atoms with Crippen LogP contribution in [0, 0.1) is 0 Å². The summed E-state index contributed by atoms with van der Waals surface area (Å²) in [6.45, 7) is 2.89. The van der Waals surface area contributed by atoms with Crippen molar-refractivity contribution in [1.29, 1.82) is 0 Å². The third-order valence-corrected chi connectivity index (χ3v) is 4.67. The lowest BCUT2D eigenvalue weighted by Gasteiger charge is -2.32. The number of hydrogen-bond acceptors (Lipinski definition) is 4. The van der Waals surface area contributed by atoms with Crippen LogP contribution in [0.2, 0.25) is 0 Å². The Morgan fingerprint density at radius 1 is 1.00 bits per heavy atom. The van der Waals surface area contributed by atoms with Gasteiger partial charge in [0.05, 0.1) is 0 Å². The first-order chi connectivity index (χ1) is 11.9. The molecule has 4 nitrogen and oxygen atoms in total. The Morgan fingerprint density at radius 3 is 2.71 bits per heavy atom. The molecule has 2 aliphatic rings. The Labute approximate surface area is 143 Å². The average molecular weight is 321 g/mol. The summed E-state index contributed by atoms with van der Waals surface area (Å²) in [7, 11) is 0. The van der Waals surface area contributed by atoms with Gasteiger partial charge in [0.25, 0.3) is 0 Å². The Hall–Kier alpha value is -2.17. The molecule has 4 rings (SSSR count). The largest absolute Gasteiger partial charge is 0.323 e. The molecule has 0 N–H and O–H groups in total. The fourth-order valence-corrected chi connectivity index (χ4v) is 3.33. The zero-order valence-electron chi connectivity index (χ0n) is 13.8. The Bertz CT molecular complexity index is 749. The van der Waals surface area contributed by atoms with Crippen LogP contribution in [-0.4, -0.2) is 37.3 Å². The second kappa shape index (κ2) is 7.16. The number of aliphatic imine (C=N–C) groups is 1. The fraction of sp³-hybridized carbons (Fsp3) is 0.350. The number of nitrogens with zero attached hydrogens (tertiary/aromatic N) is 3. The van der Waals surface area contributed by atoms with E-state index < -0.39 is 0 Å². The van der Waals surface area contributed by atoms with Gasteiger partial charge in [0.15, 0.2) is 0 Å². The minimum absolute atomic E-state index is 0.293. The zero-order chi connectivity index (χ0) is 16.2. The molecule has 2 aromatic rings. The molecule has 2 heterocycles. The summed E-state index contributed by atoms with van der Waals surface area (Å²) in [5.74, 6) is 0. The van der Waals surface area contributed by atoms with Crippen LogP contribution in [0.3, 0.4) is 0 Å². The highest BCUT2D eigenvalue weighted by atomic mass is 16.5. The first kappa shape index (κ1) is 15.4. The molecule has 124 valence electrons. The molecule has 0 aromatic heterocycles. The second-order valence-electron chi connectivity index (χ2n) is 6.38. The zero-order valence-corrected chi connectivity index (χ0v) is 13.8. The van der Waals surface area contributed by atoms with E-state index in [1.54, 1.807) is 0 Å². The summed E-state index contributed by atoms with van der Waals surface area (Å²) in [6, 6.07) is 14.9. The first-order valence-corrected chi connectivity index (χ1v) is 8.71. The lowest BCUT2D eigenvalue weighted by Crippen LogP contribution is -2.39. The van der Waals surface area contributed by atoms with Crippen molar-refractivity contribution >= 4 is 22.7 Å². The van der Waals surface area contributed by atoms with E-state index in [0.29, 0.717) is 6.73 Å². The van der Waals surface area contributed by atoms with Crippen LogP contribution >= 0.6 is 0 Å². The van der Waals surface area contributed by atoms with Gasteiger partial charge in [0.2, 0.25) is 6.35 Å². The van der Waals surface area contributed by atoms with Crippen LogP contribution in [0.15, 0.2) is 59.7 Å². The number of allylic oxidation sites excluding steroid dienone is 1. The Balaban J connectivity index is 1.50. The lowest BCUT2D eigenvalue weighted by molar-refractivity contribution is -0.0228. The van der Waals surface area contributed by atoms with Gasteiger partial charge in [0.1, 0.15) is 6.73 Å². The number of piperidine rings is 1. The van der Waals surface area contributed by atoms with Crippen molar-refractivity contribution in [1.82, 2.24) is 4.90 Å². The van der Waals surface area contributed by atoms with Crippen molar-refractivity contribution in [3.05, 3.63) is 54.7 Å². The summed E-state index contributed by atoms with van der Waals surface area (Å²) in [5, 5.41) is 2.48. The number of likely N-dealkylation sites (tertiary alicyclic amines) is 1. The van der Waals surface area contributed by atoms with Gasteiger partial charge in [-0.2, -0.15) is 0 Å². The average Bonchev–Trinajstić information content (AvgIpc) is 2.67. The van der Waals surface area contributed by atoms with Crippen LogP contribution in [-0.2, 0) is 4.74 Å². The van der Waals surface area contributed by atoms with E-state index in [9.17, 15) is 0 Å². The maximum Gasteiger partial charge on any atom is 0.233 e. The molecular weight excluding hydrogens is 298 g/mol. The molecule has 1 unspecified atom stereocenters. The molecular formula is C20H23N3O. The number of hydrogen-bond donors (Lipinski definition) is 0. The Kier molecular flexibility index (Phi) is 4.58. The van der Waals surface area contributed by atoms with Crippen LogP contribution in [0.5, 0.6) is 0 Å². The minimum Gasteiger partial charge on any atom is -0.323 e. The smallest absolute Gasteiger partial charge is 0.233 e. The highest BCUT2D eigenvalue weighted by molar-refractivity contribution is 5.86. The van der Waals surface area contributed by atoms with Gasteiger partial charge in [-0.25, -0.2) is 4.99 Å². The number of ether oxygens (including phenoxy) is 1. The summed E-state index contributed by atoms with van der Waals surface area (Å²) in [4.78, 5) is 8.98. The summed E-state index contributed by atoms with van der Waals surface area (Å²) < 4.78 is 6.10. The molecule has 4 heteroatoms. The van der Waals surface area contributed by atoms with Crippen LogP contribution in [0.1, 0.15) is 19.3 Å². The molecule has 1 atom stereocenters. The summed E-state index contributed by atoms with van der Waals surface area (Å²) >= 11 is 0. The molecule has 1 fully saturated rings. The van der Waals surface area contributed by atoms with Gasteiger partial charge in [-0.05, 0) is 41.8 Å². The van der Waals surface area contributed by atoms with Crippen molar-refractivity contribution in [3.8, 4) is 0 Å². The molecule has 1 saturated heterocycles. The maximum atomic E-state index is 6.10. The standard InChI is InChI=1S/C20H23N3O/c1-4-12-22(13-5-1)16-24-20-21-11-6-14-23(20)19-10-9-17-7-2-3-8-18(17)15-19/h2-3,6-11,14-15,20H,1,4-5,12-13,16H2. The van der Waals surface area contributed by atoms with Gasteiger partial charge >= 0.3 is 0 Å². The third kappa shape index (κ3) is 3.35. The van der Waals surface area contributed by atoms with Gasteiger partial charge in [0, 0.05) is 31.2 Å². The minimum atomic E-state index is -0.293. The van der Waals surface area contributed by atoms with E-state index in [2.05, 4.69) is 57.3 Å².